The minimum atomic E-state index is -0.318. The van der Waals surface area contributed by atoms with Crippen molar-refractivity contribution in [3.05, 3.63) is 136 Å². The Hall–Kier alpha value is -4.36. The summed E-state index contributed by atoms with van der Waals surface area (Å²) < 4.78 is 7.86. The zero-order valence-corrected chi connectivity index (χ0v) is 20.8. The van der Waals surface area contributed by atoms with Crippen LogP contribution in [0.3, 0.4) is 0 Å². The molecule has 7 heteroatoms. The number of nitrogens with zero attached hydrogens (tertiary/aromatic N) is 3. The first-order valence-electron chi connectivity index (χ1n) is 12.4. The lowest BCUT2D eigenvalue weighted by Crippen LogP contribution is -2.56. The van der Waals surface area contributed by atoms with Crippen molar-refractivity contribution < 1.29 is 9.53 Å². The number of carbonyl (C=O) groups excluding carboxylic acids is 1. The highest BCUT2D eigenvalue weighted by Gasteiger charge is 2.36. The molecule has 5 rings (SSSR count). The molecule has 0 aliphatic carbocycles. The Morgan fingerprint density at radius 2 is 1.43 bits per heavy atom. The zero-order valence-electron chi connectivity index (χ0n) is 20.8. The van der Waals surface area contributed by atoms with Gasteiger partial charge in [0.05, 0.1) is 6.04 Å². The SMILES string of the molecule is CNCCN1CN(C(c2ccccc2)c2ccccc2)n2ccc(=O)c(OCc3ccccc3)c2C1=O. The number of hydrogen-bond donors (Lipinski definition) is 1. The van der Waals surface area contributed by atoms with E-state index in [0.717, 1.165) is 16.7 Å². The van der Waals surface area contributed by atoms with Crippen molar-refractivity contribution in [1.29, 1.82) is 0 Å². The summed E-state index contributed by atoms with van der Waals surface area (Å²) in [6, 6.07) is 31.3. The first-order valence-corrected chi connectivity index (χ1v) is 12.4. The molecule has 1 N–H and O–H groups in total. The molecule has 1 amide bonds. The van der Waals surface area contributed by atoms with Crippen LogP contribution in [-0.4, -0.2) is 42.3 Å². The van der Waals surface area contributed by atoms with E-state index in [1.54, 1.807) is 15.8 Å². The van der Waals surface area contributed by atoms with Crippen molar-refractivity contribution in [2.45, 2.75) is 12.6 Å². The molecule has 0 radical (unpaired) electrons. The van der Waals surface area contributed by atoms with Crippen molar-refractivity contribution in [1.82, 2.24) is 14.9 Å². The molecule has 0 bridgehead atoms. The van der Waals surface area contributed by atoms with E-state index in [-0.39, 0.29) is 35.4 Å². The zero-order chi connectivity index (χ0) is 25.6. The quantitative estimate of drug-likeness (QED) is 0.384. The fraction of sp³-hybridized carbons (Fsp3) is 0.200. The van der Waals surface area contributed by atoms with E-state index >= 15 is 0 Å². The first-order chi connectivity index (χ1) is 18.2. The monoisotopic (exact) mass is 494 g/mol. The molecule has 3 aromatic carbocycles. The van der Waals surface area contributed by atoms with Crippen LogP contribution in [0, 0.1) is 0 Å². The minimum Gasteiger partial charge on any atom is -0.482 e. The molecule has 2 heterocycles. The van der Waals surface area contributed by atoms with Crippen LogP contribution in [0.25, 0.3) is 0 Å². The number of amides is 1. The van der Waals surface area contributed by atoms with Crippen LogP contribution in [0.2, 0.25) is 0 Å². The van der Waals surface area contributed by atoms with Gasteiger partial charge in [0.1, 0.15) is 13.3 Å². The van der Waals surface area contributed by atoms with Crippen LogP contribution in [0.4, 0.5) is 0 Å². The van der Waals surface area contributed by atoms with E-state index in [1.807, 2.05) is 73.8 Å². The average molecular weight is 495 g/mol. The van der Waals surface area contributed by atoms with Gasteiger partial charge in [0.2, 0.25) is 5.43 Å². The Bertz CT molecular complexity index is 1350. The maximum Gasteiger partial charge on any atom is 0.277 e. The number of ether oxygens (including phenoxy) is 1. The molecular formula is C30H30N4O3. The lowest BCUT2D eigenvalue weighted by molar-refractivity contribution is 0.0679. The number of carbonyl (C=O) groups is 1. The number of rotatable bonds is 9. The van der Waals surface area contributed by atoms with Gasteiger partial charge in [-0.2, -0.15) is 0 Å². The van der Waals surface area contributed by atoms with Gasteiger partial charge in [0, 0.05) is 25.4 Å². The number of likely N-dealkylation sites (N-methyl/N-ethyl adjacent to an activating group) is 1. The van der Waals surface area contributed by atoms with Gasteiger partial charge >= 0.3 is 0 Å². The van der Waals surface area contributed by atoms with E-state index in [9.17, 15) is 9.59 Å². The number of nitrogens with one attached hydrogen (secondary N) is 1. The van der Waals surface area contributed by atoms with Crippen LogP contribution >= 0.6 is 0 Å². The maximum atomic E-state index is 13.8. The van der Waals surface area contributed by atoms with Gasteiger partial charge in [0.25, 0.3) is 5.91 Å². The van der Waals surface area contributed by atoms with Gasteiger partial charge in [-0.3, -0.25) is 19.3 Å². The number of fused-ring (bicyclic) bond motifs is 1. The Labute approximate surface area is 216 Å². The van der Waals surface area contributed by atoms with Crippen molar-refractivity contribution in [3.8, 4) is 5.75 Å². The molecule has 4 aromatic rings. The molecule has 7 nitrogen and oxygen atoms in total. The number of hydrogen-bond acceptors (Lipinski definition) is 5. The average Bonchev–Trinajstić information content (AvgIpc) is 2.95. The number of benzene rings is 3. The highest BCUT2D eigenvalue weighted by atomic mass is 16.5. The highest BCUT2D eigenvalue weighted by Crippen LogP contribution is 2.32. The third-order valence-electron chi connectivity index (χ3n) is 6.50. The summed E-state index contributed by atoms with van der Waals surface area (Å²) in [4.78, 5) is 28.6. The van der Waals surface area contributed by atoms with Gasteiger partial charge in [-0.15, -0.1) is 0 Å². The van der Waals surface area contributed by atoms with E-state index in [1.165, 1.54) is 6.07 Å². The second kappa shape index (κ2) is 11.1. The molecular weight excluding hydrogens is 464 g/mol. The predicted octanol–water partition coefficient (Wildman–Crippen LogP) is 3.79. The summed E-state index contributed by atoms with van der Waals surface area (Å²) in [5.74, 6) is -0.164. The van der Waals surface area contributed by atoms with Gasteiger partial charge in [0.15, 0.2) is 11.4 Å². The third kappa shape index (κ3) is 5.13. The van der Waals surface area contributed by atoms with Crippen LogP contribution in [0.15, 0.2) is 108 Å². The smallest absolute Gasteiger partial charge is 0.277 e. The standard InChI is InChI=1S/C30H30N4O3/c1-31-18-20-32-22-34(27(24-13-7-3-8-14-24)25-15-9-4-10-16-25)33-19-17-26(35)29(28(33)30(32)36)37-21-23-11-5-2-6-12-23/h2-17,19,27,31H,18,20-22H2,1H3. The van der Waals surface area contributed by atoms with Gasteiger partial charge in [-0.1, -0.05) is 91.0 Å². The molecule has 1 aliphatic heterocycles. The van der Waals surface area contributed by atoms with Crippen molar-refractivity contribution in [3.63, 3.8) is 0 Å². The Morgan fingerprint density at radius 1 is 0.838 bits per heavy atom. The molecule has 1 aromatic heterocycles. The first kappa shape index (κ1) is 24.3. The predicted molar refractivity (Wildman–Crippen MR) is 144 cm³/mol. The largest absolute Gasteiger partial charge is 0.482 e. The molecule has 0 saturated heterocycles. The maximum absolute atomic E-state index is 13.8. The lowest BCUT2D eigenvalue weighted by atomic mass is 9.98. The molecule has 188 valence electrons. The van der Waals surface area contributed by atoms with Gasteiger partial charge < -0.3 is 15.0 Å². The molecule has 0 saturated carbocycles. The normalized spacial score (nSPS) is 13.1. The van der Waals surface area contributed by atoms with E-state index in [0.29, 0.717) is 19.8 Å². The van der Waals surface area contributed by atoms with Crippen LogP contribution < -0.4 is 20.5 Å². The van der Waals surface area contributed by atoms with Crippen molar-refractivity contribution in [2.24, 2.45) is 0 Å². The highest BCUT2D eigenvalue weighted by molar-refractivity contribution is 5.96. The lowest BCUT2D eigenvalue weighted by Gasteiger charge is -2.44. The Balaban J connectivity index is 1.64. The topological polar surface area (TPSA) is 66.8 Å². The van der Waals surface area contributed by atoms with Gasteiger partial charge in [-0.25, -0.2) is 0 Å². The van der Waals surface area contributed by atoms with Crippen molar-refractivity contribution >= 4 is 5.91 Å². The number of pyridine rings is 1. The van der Waals surface area contributed by atoms with E-state index in [2.05, 4.69) is 34.6 Å². The van der Waals surface area contributed by atoms with Crippen LogP contribution in [-0.2, 0) is 6.61 Å². The summed E-state index contributed by atoms with van der Waals surface area (Å²) >= 11 is 0. The second-order valence-electron chi connectivity index (χ2n) is 8.95. The summed E-state index contributed by atoms with van der Waals surface area (Å²) in [7, 11) is 1.86. The molecule has 0 spiro atoms. The summed E-state index contributed by atoms with van der Waals surface area (Å²) in [5.41, 5.74) is 2.99. The molecule has 0 atom stereocenters. The molecule has 37 heavy (non-hydrogen) atoms. The number of aromatic nitrogens is 1. The summed E-state index contributed by atoms with van der Waals surface area (Å²) in [5, 5.41) is 5.24. The molecule has 0 fully saturated rings. The summed E-state index contributed by atoms with van der Waals surface area (Å²) in [6.07, 6.45) is 1.68. The van der Waals surface area contributed by atoms with Crippen LogP contribution in [0.5, 0.6) is 5.75 Å². The van der Waals surface area contributed by atoms with E-state index < -0.39 is 0 Å². The Kier molecular flexibility index (Phi) is 7.33. The summed E-state index contributed by atoms with van der Waals surface area (Å²) in [6.45, 7) is 1.65. The fourth-order valence-corrected chi connectivity index (χ4v) is 4.68. The molecule has 1 aliphatic rings. The van der Waals surface area contributed by atoms with Crippen LogP contribution in [0.1, 0.15) is 33.2 Å². The fourth-order valence-electron chi connectivity index (χ4n) is 4.68. The molecule has 0 unspecified atom stereocenters. The third-order valence-corrected chi connectivity index (χ3v) is 6.50. The van der Waals surface area contributed by atoms with Crippen molar-refractivity contribution in [2.75, 3.05) is 31.8 Å². The Morgan fingerprint density at radius 3 is 2.03 bits per heavy atom. The minimum absolute atomic E-state index is 0.0652. The second-order valence-corrected chi connectivity index (χ2v) is 8.95. The van der Waals surface area contributed by atoms with Gasteiger partial charge in [-0.05, 0) is 23.7 Å². The van der Waals surface area contributed by atoms with E-state index in [4.69, 9.17) is 4.74 Å².